The van der Waals surface area contributed by atoms with Crippen molar-refractivity contribution < 1.29 is 9.66 Å². The number of ether oxygens (including phenoxy) is 1. The van der Waals surface area contributed by atoms with Gasteiger partial charge in [-0.3, -0.25) is 15.0 Å². The number of rotatable bonds is 4. The van der Waals surface area contributed by atoms with Crippen LogP contribution >= 0.6 is 11.6 Å². The van der Waals surface area contributed by atoms with Crippen molar-refractivity contribution in [3.63, 3.8) is 0 Å². The first kappa shape index (κ1) is 14.3. The first-order chi connectivity index (χ1) is 10.1. The van der Waals surface area contributed by atoms with Crippen molar-refractivity contribution in [2.24, 2.45) is 0 Å². The van der Waals surface area contributed by atoms with Crippen LogP contribution in [0.2, 0.25) is 5.02 Å². The molecule has 0 N–H and O–H groups in total. The van der Waals surface area contributed by atoms with E-state index in [1.54, 1.807) is 12.1 Å². The Labute approximate surface area is 127 Å². The molecule has 0 unspecified atom stereocenters. The Morgan fingerprint density at radius 1 is 1.29 bits per heavy atom. The summed E-state index contributed by atoms with van der Waals surface area (Å²) in [5, 5.41) is 12.1. The molecule has 1 aromatic heterocycles. The number of nitro groups is 1. The molecular weight excluding hydrogens is 294 g/mol. The third-order valence-corrected chi connectivity index (χ3v) is 4.01. The predicted molar refractivity (Wildman–Crippen MR) is 80.9 cm³/mol. The molecule has 21 heavy (non-hydrogen) atoms. The molecule has 1 aliphatic rings. The van der Waals surface area contributed by atoms with Gasteiger partial charge in [0.1, 0.15) is 0 Å². The van der Waals surface area contributed by atoms with E-state index in [0.29, 0.717) is 10.4 Å². The van der Waals surface area contributed by atoms with Crippen LogP contribution in [0.25, 0.3) is 10.9 Å². The summed E-state index contributed by atoms with van der Waals surface area (Å²) in [7, 11) is 0. The van der Waals surface area contributed by atoms with Crippen molar-refractivity contribution in [1.29, 1.82) is 0 Å². The molecule has 3 rings (SSSR count). The minimum Gasteiger partial charge on any atom is -0.379 e. The first-order valence-corrected chi connectivity index (χ1v) is 7.26. The molecule has 7 heteroatoms. The van der Waals surface area contributed by atoms with Crippen LogP contribution in [0, 0.1) is 10.1 Å². The zero-order chi connectivity index (χ0) is 14.8. The van der Waals surface area contributed by atoms with E-state index in [1.165, 1.54) is 6.07 Å². The number of hydrogen-bond acceptors (Lipinski definition) is 4. The summed E-state index contributed by atoms with van der Waals surface area (Å²) in [6, 6.07) is 4.96. The average molecular weight is 310 g/mol. The molecular formula is C14H16ClN3O3. The van der Waals surface area contributed by atoms with Gasteiger partial charge >= 0.3 is 0 Å². The fourth-order valence-electron chi connectivity index (χ4n) is 2.66. The number of nitrogens with zero attached hydrogens (tertiary/aromatic N) is 3. The van der Waals surface area contributed by atoms with E-state index in [1.807, 2.05) is 10.8 Å². The summed E-state index contributed by atoms with van der Waals surface area (Å²) in [5.41, 5.74) is 0.866. The minimum absolute atomic E-state index is 0.0580. The zero-order valence-corrected chi connectivity index (χ0v) is 12.3. The number of hydrogen-bond donors (Lipinski definition) is 0. The Hall–Kier alpha value is -1.63. The monoisotopic (exact) mass is 309 g/mol. The first-order valence-electron chi connectivity index (χ1n) is 6.88. The molecule has 0 aliphatic carbocycles. The van der Waals surface area contributed by atoms with E-state index in [-0.39, 0.29) is 10.6 Å². The molecule has 1 fully saturated rings. The highest BCUT2D eigenvalue weighted by atomic mass is 35.5. The van der Waals surface area contributed by atoms with E-state index in [9.17, 15) is 10.1 Å². The minimum atomic E-state index is -0.388. The number of morpholine rings is 1. The molecule has 2 aromatic rings. The van der Waals surface area contributed by atoms with Gasteiger partial charge in [-0.1, -0.05) is 11.6 Å². The molecule has 2 heterocycles. The number of halogens is 1. The van der Waals surface area contributed by atoms with Crippen LogP contribution in [0.15, 0.2) is 24.4 Å². The largest absolute Gasteiger partial charge is 0.379 e. The predicted octanol–water partition coefficient (Wildman–Crippen LogP) is 2.54. The lowest BCUT2D eigenvalue weighted by Crippen LogP contribution is -2.38. The highest BCUT2D eigenvalue weighted by Crippen LogP contribution is 2.30. The molecule has 1 aromatic carbocycles. The van der Waals surface area contributed by atoms with Crippen LogP contribution in [0.4, 0.5) is 5.69 Å². The van der Waals surface area contributed by atoms with Crippen LogP contribution in [0.5, 0.6) is 0 Å². The van der Waals surface area contributed by atoms with Gasteiger partial charge in [-0.05, 0) is 12.1 Å². The lowest BCUT2D eigenvalue weighted by Gasteiger charge is -2.26. The van der Waals surface area contributed by atoms with E-state index in [2.05, 4.69) is 4.90 Å². The van der Waals surface area contributed by atoms with Crippen LogP contribution in [-0.2, 0) is 11.3 Å². The fraction of sp³-hybridized carbons (Fsp3) is 0.429. The third-order valence-electron chi connectivity index (χ3n) is 3.79. The second-order valence-corrected chi connectivity index (χ2v) is 5.51. The Bertz CT molecular complexity index is 665. The summed E-state index contributed by atoms with van der Waals surface area (Å²) >= 11 is 6.00. The number of fused-ring (bicyclic) bond motifs is 1. The Balaban J connectivity index is 1.84. The van der Waals surface area contributed by atoms with Gasteiger partial charge in [0.15, 0.2) is 0 Å². The lowest BCUT2D eigenvalue weighted by atomic mass is 10.2. The molecule has 6 nitrogen and oxygen atoms in total. The van der Waals surface area contributed by atoms with Crippen LogP contribution in [0.1, 0.15) is 0 Å². The number of nitro benzene ring substituents is 1. The maximum atomic E-state index is 11.1. The Morgan fingerprint density at radius 2 is 2.05 bits per heavy atom. The van der Waals surface area contributed by atoms with Gasteiger partial charge < -0.3 is 9.30 Å². The molecule has 1 saturated heterocycles. The van der Waals surface area contributed by atoms with Gasteiger partial charge in [-0.2, -0.15) is 0 Å². The standard InChI is InChI=1S/C14H16ClN3O3/c15-11-9-13-12(14(10-11)18(19)20)1-2-17(13)4-3-16-5-7-21-8-6-16/h1-2,9-10H,3-8H2. The van der Waals surface area contributed by atoms with Crippen molar-refractivity contribution in [3.8, 4) is 0 Å². The summed E-state index contributed by atoms with van der Waals surface area (Å²) in [6.45, 7) is 5.07. The molecule has 112 valence electrons. The third kappa shape index (κ3) is 3.02. The summed E-state index contributed by atoms with van der Waals surface area (Å²) in [5.74, 6) is 0. The number of non-ortho nitro benzene ring substituents is 1. The normalized spacial score (nSPS) is 16.4. The van der Waals surface area contributed by atoms with E-state index in [0.717, 1.165) is 44.9 Å². The summed E-state index contributed by atoms with van der Waals surface area (Å²) in [6.07, 6.45) is 1.88. The Morgan fingerprint density at radius 3 is 2.76 bits per heavy atom. The second kappa shape index (κ2) is 6.01. The smallest absolute Gasteiger partial charge is 0.280 e. The molecule has 0 bridgehead atoms. The number of aromatic nitrogens is 1. The van der Waals surface area contributed by atoms with Crippen molar-refractivity contribution in [2.75, 3.05) is 32.8 Å². The maximum Gasteiger partial charge on any atom is 0.280 e. The van der Waals surface area contributed by atoms with Crippen molar-refractivity contribution in [1.82, 2.24) is 9.47 Å². The van der Waals surface area contributed by atoms with Crippen molar-refractivity contribution in [2.45, 2.75) is 6.54 Å². The maximum absolute atomic E-state index is 11.1. The van der Waals surface area contributed by atoms with Crippen molar-refractivity contribution in [3.05, 3.63) is 39.5 Å². The Kier molecular flexibility index (Phi) is 4.10. The highest BCUT2D eigenvalue weighted by Gasteiger charge is 2.17. The number of benzene rings is 1. The average Bonchev–Trinajstić information content (AvgIpc) is 2.88. The van der Waals surface area contributed by atoms with Gasteiger partial charge in [-0.15, -0.1) is 0 Å². The van der Waals surface area contributed by atoms with E-state index in [4.69, 9.17) is 16.3 Å². The zero-order valence-electron chi connectivity index (χ0n) is 11.5. The van der Waals surface area contributed by atoms with Crippen LogP contribution in [0.3, 0.4) is 0 Å². The highest BCUT2D eigenvalue weighted by molar-refractivity contribution is 6.31. The van der Waals surface area contributed by atoms with Crippen LogP contribution in [-0.4, -0.2) is 47.2 Å². The lowest BCUT2D eigenvalue weighted by molar-refractivity contribution is -0.383. The fourth-order valence-corrected chi connectivity index (χ4v) is 2.87. The van der Waals surface area contributed by atoms with Gasteiger partial charge in [0.05, 0.1) is 29.0 Å². The molecule has 0 spiro atoms. The molecule has 1 aliphatic heterocycles. The van der Waals surface area contributed by atoms with E-state index >= 15 is 0 Å². The van der Waals surface area contributed by atoms with Crippen LogP contribution < -0.4 is 0 Å². The van der Waals surface area contributed by atoms with Crippen molar-refractivity contribution >= 4 is 28.2 Å². The van der Waals surface area contributed by atoms with Gasteiger partial charge in [0.25, 0.3) is 5.69 Å². The summed E-state index contributed by atoms with van der Waals surface area (Å²) < 4.78 is 7.34. The second-order valence-electron chi connectivity index (χ2n) is 5.08. The summed E-state index contributed by atoms with van der Waals surface area (Å²) in [4.78, 5) is 13.0. The topological polar surface area (TPSA) is 60.5 Å². The molecule has 0 radical (unpaired) electrons. The quantitative estimate of drug-likeness (QED) is 0.643. The molecule has 0 saturated carbocycles. The molecule has 0 amide bonds. The SMILES string of the molecule is O=[N+]([O-])c1cc(Cl)cc2c1ccn2CCN1CCOCC1. The molecule has 0 atom stereocenters. The van der Waals surface area contributed by atoms with Gasteiger partial charge in [0, 0.05) is 43.5 Å². The van der Waals surface area contributed by atoms with Gasteiger partial charge in [0.2, 0.25) is 0 Å². The van der Waals surface area contributed by atoms with E-state index < -0.39 is 0 Å². The van der Waals surface area contributed by atoms with Gasteiger partial charge in [-0.25, -0.2) is 0 Å².